The number of benzene rings is 1. The van der Waals surface area contributed by atoms with Crippen molar-refractivity contribution in [2.75, 3.05) is 0 Å². The number of alkyl halides is 1. The van der Waals surface area contributed by atoms with Gasteiger partial charge in [0.25, 0.3) is 0 Å². The first kappa shape index (κ1) is 10.5. The second-order valence-corrected chi connectivity index (χ2v) is 4.26. The molecule has 2 nitrogen and oxygen atoms in total. The van der Waals surface area contributed by atoms with Crippen LogP contribution < -0.4 is 0 Å². The van der Waals surface area contributed by atoms with Crippen molar-refractivity contribution in [3.63, 3.8) is 0 Å². The van der Waals surface area contributed by atoms with E-state index in [0.717, 1.165) is 18.4 Å². The maximum absolute atomic E-state index is 10.9. The Morgan fingerprint density at radius 3 is 2.93 bits per heavy atom. The van der Waals surface area contributed by atoms with Crippen LogP contribution in [0.15, 0.2) is 24.3 Å². The van der Waals surface area contributed by atoms with Crippen LogP contribution in [0, 0.1) is 0 Å². The lowest BCUT2D eigenvalue weighted by atomic mass is 9.89. The van der Waals surface area contributed by atoms with Crippen LogP contribution in [0.4, 0.5) is 0 Å². The molecule has 0 aromatic heterocycles. The van der Waals surface area contributed by atoms with Crippen LogP contribution in [0.1, 0.15) is 29.8 Å². The third-order valence-electron chi connectivity index (χ3n) is 2.69. The van der Waals surface area contributed by atoms with Crippen molar-refractivity contribution in [1.29, 1.82) is 0 Å². The number of carbonyl (C=O) groups is 1. The molecule has 0 radical (unpaired) electrons. The predicted molar refractivity (Wildman–Crippen MR) is 58.9 cm³/mol. The van der Waals surface area contributed by atoms with Crippen LogP contribution in [-0.2, 0) is 16.0 Å². The third kappa shape index (κ3) is 2.15. The highest BCUT2D eigenvalue weighted by Crippen LogP contribution is 2.36. The number of ether oxygens (including phenoxy) is 1. The molecule has 1 aromatic carbocycles. The lowest BCUT2D eigenvalue weighted by molar-refractivity contribution is -0.147. The van der Waals surface area contributed by atoms with Gasteiger partial charge in [-0.25, -0.2) is 0 Å². The highest BCUT2D eigenvalue weighted by Gasteiger charge is 2.29. The second kappa shape index (κ2) is 4.23. The zero-order chi connectivity index (χ0) is 10.8. The molecule has 80 valence electrons. The molecule has 1 aliphatic rings. The molecular formula is C12H13ClO2. The minimum absolute atomic E-state index is 0.181. The molecule has 1 aliphatic carbocycles. The van der Waals surface area contributed by atoms with Crippen molar-refractivity contribution in [3.8, 4) is 0 Å². The molecule has 15 heavy (non-hydrogen) atoms. The van der Waals surface area contributed by atoms with Crippen molar-refractivity contribution in [2.45, 2.75) is 31.2 Å². The maximum Gasteiger partial charge on any atom is 0.302 e. The van der Waals surface area contributed by atoms with E-state index in [2.05, 4.69) is 6.07 Å². The summed E-state index contributed by atoms with van der Waals surface area (Å²) in [4.78, 5) is 10.9. The van der Waals surface area contributed by atoms with Gasteiger partial charge in [0.15, 0.2) is 0 Å². The molecule has 0 amide bonds. The molecule has 1 aromatic rings. The summed E-state index contributed by atoms with van der Waals surface area (Å²) in [6.45, 7) is 1.42. The number of fused-ring (bicyclic) bond motifs is 1. The molecule has 0 saturated carbocycles. The molecular weight excluding hydrogens is 212 g/mol. The Hall–Kier alpha value is -1.02. The predicted octanol–water partition coefficient (Wildman–Crippen LogP) is 2.84. The van der Waals surface area contributed by atoms with E-state index in [4.69, 9.17) is 16.3 Å². The number of hydrogen-bond donors (Lipinski definition) is 0. The Morgan fingerprint density at radius 2 is 2.20 bits per heavy atom. The summed E-state index contributed by atoms with van der Waals surface area (Å²) in [5.74, 6) is -0.259. The molecule has 0 heterocycles. The van der Waals surface area contributed by atoms with Crippen LogP contribution in [0.25, 0.3) is 0 Å². The first-order valence-electron chi connectivity index (χ1n) is 5.07. The van der Waals surface area contributed by atoms with Crippen molar-refractivity contribution in [1.82, 2.24) is 0 Å². The first-order valence-corrected chi connectivity index (χ1v) is 5.51. The average molecular weight is 225 g/mol. The van der Waals surface area contributed by atoms with Crippen molar-refractivity contribution < 1.29 is 9.53 Å². The average Bonchev–Trinajstić information content (AvgIpc) is 2.22. The topological polar surface area (TPSA) is 26.3 Å². The van der Waals surface area contributed by atoms with E-state index >= 15 is 0 Å². The van der Waals surface area contributed by atoms with Gasteiger partial charge in [0, 0.05) is 6.92 Å². The smallest absolute Gasteiger partial charge is 0.302 e. The van der Waals surface area contributed by atoms with E-state index in [-0.39, 0.29) is 17.5 Å². The summed E-state index contributed by atoms with van der Waals surface area (Å²) in [7, 11) is 0. The van der Waals surface area contributed by atoms with E-state index in [1.54, 1.807) is 0 Å². The van der Waals surface area contributed by atoms with Crippen molar-refractivity contribution >= 4 is 17.6 Å². The Balaban J connectivity index is 2.22. The van der Waals surface area contributed by atoms with Gasteiger partial charge in [0.05, 0.1) is 5.38 Å². The summed E-state index contributed by atoms with van der Waals surface area (Å²) in [6.07, 6.45) is 1.56. The van der Waals surface area contributed by atoms with Crippen molar-refractivity contribution in [3.05, 3.63) is 35.4 Å². The molecule has 0 N–H and O–H groups in total. The number of halogens is 1. The lowest BCUT2D eigenvalue weighted by Crippen LogP contribution is -2.26. The highest BCUT2D eigenvalue weighted by atomic mass is 35.5. The normalized spacial score (nSPS) is 24.4. The summed E-state index contributed by atoms with van der Waals surface area (Å²) in [5, 5.41) is -0.209. The summed E-state index contributed by atoms with van der Waals surface area (Å²) >= 11 is 6.28. The standard InChI is InChI=1S/C12H13ClO2/c1-8(14)15-11-7-6-9-4-2-3-5-10(9)12(11)13/h2-5,11-12H,6-7H2,1H3/t11-,12+/m0/s1. The molecule has 0 fully saturated rings. The molecule has 3 heteroatoms. The fourth-order valence-corrected chi connectivity index (χ4v) is 2.40. The van der Waals surface area contributed by atoms with E-state index in [1.165, 1.54) is 12.5 Å². The van der Waals surface area contributed by atoms with Crippen LogP contribution in [0.2, 0.25) is 0 Å². The zero-order valence-electron chi connectivity index (χ0n) is 8.57. The van der Waals surface area contributed by atoms with Gasteiger partial charge in [0.1, 0.15) is 6.10 Å². The maximum atomic E-state index is 10.9. The van der Waals surface area contributed by atoms with Crippen LogP contribution in [0.5, 0.6) is 0 Å². The fraction of sp³-hybridized carbons (Fsp3) is 0.417. The molecule has 2 rings (SSSR count). The Kier molecular flexibility index (Phi) is 2.96. The van der Waals surface area contributed by atoms with Gasteiger partial charge >= 0.3 is 5.97 Å². The van der Waals surface area contributed by atoms with E-state index < -0.39 is 0 Å². The monoisotopic (exact) mass is 224 g/mol. The van der Waals surface area contributed by atoms with E-state index in [9.17, 15) is 4.79 Å². The van der Waals surface area contributed by atoms with Crippen molar-refractivity contribution in [2.24, 2.45) is 0 Å². The lowest BCUT2D eigenvalue weighted by Gasteiger charge is -2.28. The minimum atomic E-state index is -0.259. The number of carbonyl (C=O) groups excluding carboxylic acids is 1. The minimum Gasteiger partial charge on any atom is -0.461 e. The van der Waals surface area contributed by atoms with Crippen LogP contribution >= 0.6 is 11.6 Å². The largest absolute Gasteiger partial charge is 0.461 e. The van der Waals surface area contributed by atoms with E-state index in [0.29, 0.717) is 0 Å². The second-order valence-electron chi connectivity index (χ2n) is 3.79. The van der Waals surface area contributed by atoms with E-state index in [1.807, 2.05) is 18.2 Å². The molecule has 0 aliphatic heterocycles. The zero-order valence-corrected chi connectivity index (χ0v) is 9.33. The quantitative estimate of drug-likeness (QED) is 0.542. The summed E-state index contributed by atoms with van der Waals surface area (Å²) in [5.41, 5.74) is 2.36. The molecule has 0 bridgehead atoms. The van der Waals surface area contributed by atoms with Gasteiger partial charge < -0.3 is 4.74 Å². The number of esters is 1. The Bertz CT molecular complexity index is 376. The molecule has 0 unspecified atom stereocenters. The number of hydrogen-bond acceptors (Lipinski definition) is 2. The number of aryl methyl sites for hydroxylation is 1. The Morgan fingerprint density at radius 1 is 1.47 bits per heavy atom. The van der Waals surface area contributed by atoms with Gasteiger partial charge in [-0.2, -0.15) is 0 Å². The summed E-state index contributed by atoms with van der Waals surface area (Å²) < 4.78 is 5.19. The SMILES string of the molecule is CC(=O)O[C@H]1CCc2ccccc2[C@H]1Cl. The highest BCUT2D eigenvalue weighted by molar-refractivity contribution is 6.21. The molecule has 0 spiro atoms. The van der Waals surface area contributed by atoms with Crippen LogP contribution in [-0.4, -0.2) is 12.1 Å². The molecule has 2 atom stereocenters. The van der Waals surface area contributed by atoms with Gasteiger partial charge in [-0.05, 0) is 24.0 Å². The van der Waals surface area contributed by atoms with Gasteiger partial charge in [0.2, 0.25) is 0 Å². The van der Waals surface area contributed by atoms with Gasteiger partial charge in [-0.1, -0.05) is 24.3 Å². The van der Waals surface area contributed by atoms with Gasteiger partial charge in [-0.15, -0.1) is 11.6 Å². The summed E-state index contributed by atoms with van der Waals surface area (Å²) in [6, 6.07) is 8.05. The fourth-order valence-electron chi connectivity index (χ4n) is 2.01. The first-order chi connectivity index (χ1) is 7.18. The number of rotatable bonds is 1. The third-order valence-corrected chi connectivity index (χ3v) is 3.21. The molecule has 0 saturated heterocycles. The van der Waals surface area contributed by atoms with Gasteiger partial charge in [-0.3, -0.25) is 4.79 Å². The van der Waals surface area contributed by atoms with Crippen LogP contribution in [0.3, 0.4) is 0 Å². The Labute approximate surface area is 94.2 Å².